The molecule has 0 fully saturated rings. The number of benzene rings is 1. The van der Waals surface area contributed by atoms with E-state index in [4.69, 9.17) is 5.26 Å². The molecule has 0 aliphatic heterocycles. The van der Waals surface area contributed by atoms with Crippen molar-refractivity contribution in [2.75, 3.05) is 13.1 Å². The van der Waals surface area contributed by atoms with Gasteiger partial charge < -0.3 is 0 Å². The van der Waals surface area contributed by atoms with Gasteiger partial charge in [0.1, 0.15) is 0 Å². The standard InChI is InChI=1S/C13H16N2O2S/c1-2-15(11-6-10-14)18(16,17)12-9-13-7-4-3-5-8-13/h3-5,7-9,12H,2,6,11H2,1H3. The Bertz CT molecular complexity index is 530. The van der Waals surface area contributed by atoms with Gasteiger partial charge in [-0.05, 0) is 11.6 Å². The molecule has 96 valence electrons. The fourth-order valence-corrected chi connectivity index (χ4v) is 2.66. The lowest BCUT2D eigenvalue weighted by molar-refractivity contribution is 0.442. The van der Waals surface area contributed by atoms with Gasteiger partial charge in [-0.25, -0.2) is 8.42 Å². The van der Waals surface area contributed by atoms with E-state index in [1.54, 1.807) is 13.0 Å². The molecule has 0 amide bonds. The van der Waals surface area contributed by atoms with Crippen LogP contribution in [0.5, 0.6) is 0 Å². The molecule has 0 heterocycles. The number of hydrogen-bond acceptors (Lipinski definition) is 3. The first-order valence-electron chi connectivity index (χ1n) is 5.70. The van der Waals surface area contributed by atoms with E-state index in [1.165, 1.54) is 9.71 Å². The third-order valence-corrected chi connectivity index (χ3v) is 4.06. The summed E-state index contributed by atoms with van der Waals surface area (Å²) in [6.45, 7) is 2.35. The van der Waals surface area contributed by atoms with Crippen LogP contribution < -0.4 is 0 Å². The van der Waals surface area contributed by atoms with Crippen LogP contribution in [0.3, 0.4) is 0 Å². The molecule has 0 spiro atoms. The van der Waals surface area contributed by atoms with Crippen LogP contribution in [0.4, 0.5) is 0 Å². The molecule has 5 heteroatoms. The van der Waals surface area contributed by atoms with Crippen LogP contribution in [0.2, 0.25) is 0 Å². The number of rotatable bonds is 6. The van der Waals surface area contributed by atoms with Crippen LogP contribution in [0.15, 0.2) is 35.7 Å². The third-order valence-electron chi connectivity index (χ3n) is 2.42. The van der Waals surface area contributed by atoms with Gasteiger partial charge in [-0.1, -0.05) is 37.3 Å². The van der Waals surface area contributed by atoms with Crippen LogP contribution in [-0.4, -0.2) is 25.8 Å². The lowest BCUT2D eigenvalue weighted by Crippen LogP contribution is -2.29. The van der Waals surface area contributed by atoms with Crippen molar-refractivity contribution >= 4 is 16.1 Å². The number of nitrogens with zero attached hydrogens (tertiary/aromatic N) is 2. The van der Waals surface area contributed by atoms with Crippen LogP contribution in [-0.2, 0) is 10.0 Å². The molecular weight excluding hydrogens is 248 g/mol. The number of nitriles is 1. The highest BCUT2D eigenvalue weighted by Crippen LogP contribution is 2.08. The Hall–Kier alpha value is -1.64. The molecule has 0 aliphatic carbocycles. The lowest BCUT2D eigenvalue weighted by atomic mass is 10.2. The van der Waals surface area contributed by atoms with Gasteiger partial charge in [0, 0.05) is 24.9 Å². The predicted octanol–water partition coefficient (Wildman–Crippen LogP) is 2.22. The summed E-state index contributed by atoms with van der Waals surface area (Å²) in [6, 6.07) is 11.2. The zero-order valence-electron chi connectivity index (χ0n) is 10.3. The summed E-state index contributed by atoms with van der Waals surface area (Å²) in [5, 5.41) is 9.68. The van der Waals surface area contributed by atoms with Gasteiger partial charge in [0.2, 0.25) is 10.0 Å². The van der Waals surface area contributed by atoms with Gasteiger partial charge in [-0.3, -0.25) is 0 Å². The fourth-order valence-electron chi connectivity index (χ4n) is 1.45. The van der Waals surface area contributed by atoms with E-state index in [-0.39, 0.29) is 13.0 Å². The van der Waals surface area contributed by atoms with Crippen molar-refractivity contribution in [2.45, 2.75) is 13.3 Å². The van der Waals surface area contributed by atoms with Crippen molar-refractivity contribution in [3.05, 3.63) is 41.3 Å². The van der Waals surface area contributed by atoms with Crippen LogP contribution in [0, 0.1) is 11.3 Å². The first-order valence-corrected chi connectivity index (χ1v) is 7.20. The minimum absolute atomic E-state index is 0.201. The van der Waals surface area contributed by atoms with Crippen molar-refractivity contribution < 1.29 is 8.42 Å². The molecule has 0 N–H and O–H groups in total. The maximum absolute atomic E-state index is 12.0. The van der Waals surface area contributed by atoms with Gasteiger partial charge in [-0.2, -0.15) is 9.57 Å². The first-order chi connectivity index (χ1) is 8.60. The van der Waals surface area contributed by atoms with Gasteiger partial charge in [0.05, 0.1) is 6.07 Å². The molecule has 4 nitrogen and oxygen atoms in total. The second-order valence-corrected chi connectivity index (χ2v) is 5.48. The summed E-state index contributed by atoms with van der Waals surface area (Å²) < 4.78 is 25.2. The van der Waals surface area contributed by atoms with Crippen molar-refractivity contribution in [3.8, 4) is 6.07 Å². The van der Waals surface area contributed by atoms with Crippen LogP contribution in [0.25, 0.3) is 6.08 Å². The Kier molecular flexibility index (Phi) is 5.56. The Morgan fingerprint density at radius 1 is 1.33 bits per heavy atom. The monoisotopic (exact) mass is 264 g/mol. The van der Waals surface area contributed by atoms with E-state index in [1.807, 2.05) is 36.4 Å². The topological polar surface area (TPSA) is 61.2 Å². The average molecular weight is 264 g/mol. The second kappa shape index (κ2) is 6.94. The van der Waals surface area contributed by atoms with Gasteiger partial charge in [-0.15, -0.1) is 0 Å². The van der Waals surface area contributed by atoms with E-state index in [0.717, 1.165) is 5.56 Å². The van der Waals surface area contributed by atoms with Crippen molar-refractivity contribution in [2.24, 2.45) is 0 Å². The highest BCUT2D eigenvalue weighted by molar-refractivity contribution is 7.92. The summed E-state index contributed by atoms with van der Waals surface area (Å²) >= 11 is 0. The van der Waals surface area contributed by atoms with Gasteiger partial charge in [0.25, 0.3) is 0 Å². The SMILES string of the molecule is CCN(CCC#N)S(=O)(=O)C=Cc1ccccc1. The highest BCUT2D eigenvalue weighted by atomic mass is 32.2. The van der Waals surface area contributed by atoms with E-state index in [0.29, 0.717) is 6.54 Å². The molecule has 0 aliphatic rings. The minimum atomic E-state index is -3.44. The molecule has 1 aromatic carbocycles. The summed E-state index contributed by atoms with van der Waals surface area (Å²) in [7, 11) is -3.44. The Balaban J connectivity index is 2.80. The average Bonchev–Trinajstić information content (AvgIpc) is 2.38. The zero-order valence-corrected chi connectivity index (χ0v) is 11.1. The summed E-state index contributed by atoms with van der Waals surface area (Å²) in [5.74, 6) is 0. The smallest absolute Gasteiger partial charge is 0.208 e. The summed E-state index contributed by atoms with van der Waals surface area (Å²) in [4.78, 5) is 0. The van der Waals surface area contributed by atoms with Crippen LogP contribution >= 0.6 is 0 Å². The zero-order chi connectivity index (χ0) is 13.4. The van der Waals surface area contributed by atoms with E-state index in [9.17, 15) is 8.42 Å². The molecule has 18 heavy (non-hydrogen) atoms. The van der Waals surface area contributed by atoms with Gasteiger partial charge in [0.15, 0.2) is 0 Å². The van der Waals surface area contributed by atoms with E-state index in [2.05, 4.69) is 0 Å². The Morgan fingerprint density at radius 2 is 2.00 bits per heavy atom. The predicted molar refractivity (Wildman–Crippen MR) is 71.9 cm³/mol. The molecule has 0 bridgehead atoms. The van der Waals surface area contributed by atoms with Crippen molar-refractivity contribution in [1.82, 2.24) is 4.31 Å². The highest BCUT2D eigenvalue weighted by Gasteiger charge is 2.16. The van der Waals surface area contributed by atoms with Crippen molar-refractivity contribution in [3.63, 3.8) is 0 Å². The largest absolute Gasteiger partial charge is 0.236 e. The third kappa shape index (κ3) is 4.32. The summed E-state index contributed by atoms with van der Waals surface area (Å²) in [6.07, 6.45) is 1.76. The first kappa shape index (κ1) is 14.4. The van der Waals surface area contributed by atoms with E-state index < -0.39 is 10.0 Å². The Morgan fingerprint density at radius 3 is 2.56 bits per heavy atom. The molecule has 0 aromatic heterocycles. The fraction of sp³-hybridized carbons (Fsp3) is 0.308. The molecule has 1 aromatic rings. The normalized spacial score (nSPS) is 11.8. The molecular formula is C13H16N2O2S. The Labute approximate surface area is 108 Å². The molecule has 0 saturated carbocycles. The maximum Gasteiger partial charge on any atom is 0.236 e. The minimum Gasteiger partial charge on any atom is -0.208 e. The van der Waals surface area contributed by atoms with E-state index >= 15 is 0 Å². The maximum atomic E-state index is 12.0. The summed E-state index contributed by atoms with van der Waals surface area (Å²) in [5.41, 5.74) is 0.831. The molecule has 0 atom stereocenters. The molecule has 0 saturated heterocycles. The van der Waals surface area contributed by atoms with Crippen molar-refractivity contribution in [1.29, 1.82) is 5.26 Å². The number of sulfonamides is 1. The molecule has 0 unspecified atom stereocenters. The quantitative estimate of drug-likeness (QED) is 0.791. The van der Waals surface area contributed by atoms with Crippen LogP contribution in [0.1, 0.15) is 18.9 Å². The lowest BCUT2D eigenvalue weighted by Gasteiger charge is -2.16. The number of hydrogen-bond donors (Lipinski definition) is 0. The van der Waals surface area contributed by atoms with Gasteiger partial charge >= 0.3 is 0 Å². The second-order valence-electron chi connectivity index (χ2n) is 3.66. The molecule has 1 rings (SSSR count). The molecule has 0 radical (unpaired) electrons.